The van der Waals surface area contributed by atoms with Gasteiger partial charge in [-0.15, -0.1) is 0 Å². The number of halogens is 1. The van der Waals surface area contributed by atoms with E-state index in [-0.39, 0.29) is 11.9 Å². The molecule has 1 aliphatic carbocycles. The molecule has 0 saturated heterocycles. The van der Waals surface area contributed by atoms with Gasteiger partial charge in [0.05, 0.1) is 5.60 Å². The maximum Gasteiger partial charge on any atom is 0.155 e. The van der Waals surface area contributed by atoms with Crippen molar-refractivity contribution >= 4 is 22.6 Å². The molecule has 0 aromatic rings. The Balaban J connectivity index is 2.67. The van der Waals surface area contributed by atoms with Gasteiger partial charge in [0.1, 0.15) is 0 Å². The van der Waals surface area contributed by atoms with Crippen molar-refractivity contribution in [2.75, 3.05) is 6.61 Å². The highest BCUT2D eigenvalue weighted by atomic mass is 127. The molecule has 0 N–H and O–H groups in total. The van der Waals surface area contributed by atoms with E-state index in [1.807, 2.05) is 13.8 Å². The summed E-state index contributed by atoms with van der Waals surface area (Å²) in [6.07, 6.45) is 7.04. The van der Waals surface area contributed by atoms with Crippen LogP contribution in [0.2, 0.25) is 0 Å². The first-order valence-corrected chi connectivity index (χ1v) is 7.50. The van der Waals surface area contributed by atoms with Crippen LogP contribution in [0.25, 0.3) is 0 Å². The van der Waals surface area contributed by atoms with E-state index >= 15 is 0 Å². The first-order valence-electron chi connectivity index (χ1n) is 6.25. The van der Waals surface area contributed by atoms with Crippen molar-refractivity contribution in [3.05, 3.63) is 10.2 Å². The molecule has 2 atom stereocenters. The Morgan fingerprint density at radius 2 is 2.12 bits per heavy atom. The second kappa shape index (κ2) is 6.97. The van der Waals surface area contributed by atoms with E-state index in [0.29, 0.717) is 12.5 Å². The standard InChI is InChI=1S/C13H23IO2/c1-4-13(9-10-14,12-7-6-8-12)16-11(3)15-5-2/h9-12H,4-8H2,1-3H3/b10-9+. The number of hydrogen-bond acceptors (Lipinski definition) is 2. The molecular weight excluding hydrogens is 315 g/mol. The molecule has 1 saturated carbocycles. The molecule has 1 rings (SSSR count). The van der Waals surface area contributed by atoms with Crippen LogP contribution in [0, 0.1) is 5.92 Å². The van der Waals surface area contributed by atoms with Crippen molar-refractivity contribution in [2.24, 2.45) is 5.92 Å². The Hall–Kier alpha value is 0.390. The maximum atomic E-state index is 6.16. The Bertz CT molecular complexity index is 226. The van der Waals surface area contributed by atoms with Crippen molar-refractivity contribution in [3.63, 3.8) is 0 Å². The summed E-state index contributed by atoms with van der Waals surface area (Å²) < 4.78 is 13.7. The number of ether oxygens (including phenoxy) is 2. The Morgan fingerprint density at radius 3 is 2.50 bits per heavy atom. The minimum absolute atomic E-state index is 0.103. The highest BCUT2D eigenvalue weighted by molar-refractivity contribution is 14.1. The lowest BCUT2D eigenvalue weighted by Crippen LogP contribution is -2.44. The van der Waals surface area contributed by atoms with Crippen LogP contribution >= 0.6 is 22.6 Å². The van der Waals surface area contributed by atoms with Gasteiger partial charge >= 0.3 is 0 Å². The molecule has 0 amide bonds. The minimum atomic E-state index is -0.113. The van der Waals surface area contributed by atoms with Crippen LogP contribution in [0.3, 0.4) is 0 Å². The lowest BCUT2D eigenvalue weighted by Gasteiger charge is -2.44. The largest absolute Gasteiger partial charge is 0.353 e. The van der Waals surface area contributed by atoms with E-state index in [1.165, 1.54) is 19.3 Å². The summed E-state index contributed by atoms with van der Waals surface area (Å²) in [6, 6.07) is 0. The maximum absolute atomic E-state index is 6.16. The van der Waals surface area contributed by atoms with E-state index < -0.39 is 0 Å². The fourth-order valence-corrected chi connectivity index (χ4v) is 2.95. The fraction of sp³-hybridized carbons (Fsp3) is 0.846. The summed E-state index contributed by atoms with van der Waals surface area (Å²) in [5.41, 5.74) is -0.103. The molecular formula is C13H23IO2. The zero-order valence-electron chi connectivity index (χ0n) is 10.5. The van der Waals surface area contributed by atoms with Crippen molar-refractivity contribution < 1.29 is 9.47 Å². The molecule has 0 aliphatic heterocycles. The SMILES string of the molecule is CCOC(C)OC(/C=C/I)(CC)C1CCC1. The van der Waals surface area contributed by atoms with Crippen molar-refractivity contribution in [3.8, 4) is 0 Å². The third kappa shape index (κ3) is 3.44. The predicted octanol–water partition coefficient (Wildman–Crippen LogP) is 4.28. The second-order valence-electron chi connectivity index (χ2n) is 4.37. The molecule has 0 heterocycles. The van der Waals surface area contributed by atoms with Gasteiger partial charge in [0, 0.05) is 6.61 Å². The Labute approximate surface area is 113 Å². The molecule has 0 aromatic heterocycles. The number of hydrogen-bond donors (Lipinski definition) is 0. The molecule has 0 aromatic carbocycles. The fourth-order valence-electron chi connectivity index (χ4n) is 2.34. The molecule has 0 radical (unpaired) electrons. The molecule has 2 unspecified atom stereocenters. The molecule has 3 heteroatoms. The summed E-state index contributed by atoms with van der Waals surface area (Å²) >= 11 is 2.28. The zero-order chi connectivity index (χ0) is 12.0. The first-order chi connectivity index (χ1) is 7.68. The summed E-state index contributed by atoms with van der Waals surface area (Å²) in [5.74, 6) is 0.673. The van der Waals surface area contributed by atoms with E-state index in [1.54, 1.807) is 0 Å². The van der Waals surface area contributed by atoms with E-state index in [4.69, 9.17) is 9.47 Å². The van der Waals surface area contributed by atoms with Crippen LogP contribution in [-0.4, -0.2) is 18.5 Å². The van der Waals surface area contributed by atoms with Gasteiger partial charge in [-0.25, -0.2) is 0 Å². The third-order valence-electron chi connectivity index (χ3n) is 3.48. The van der Waals surface area contributed by atoms with Gasteiger partial charge in [-0.05, 0) is 49.2 Å². The average Bonchev–Trinajstić information content (AvgIpc) is 2.15. The molecule has 0 bridgehead atoms. The Morgan fingerprint density at radius 1 is 1.44 bits per heavy atom. The number of rotatable bonds is 7. The average molecular weight is 338 g/mol. The van der Waals surface area contributed by atoms with E-state index in [2.05, 4.69) is 39.7 Å². The topological polar surface area (TPSA) is 18.5 Å². The normalized spacial score (nSPS) is 23.0. The van der Waals surface area contributed by atoms with E-state index in [9.17, 15) is 0 Å². The molecule has 2 nitrogen and oxygen atoms in total. The van der Waals surface area contributed by atoms with Crippen molar-refractivity contribution in [1.29, 1.82) is 0 Å². The molecule has 0 spiro atoms. The smallest absolute Gasteiger partial charge is 0.155 e. The van der Waals surface area contributed by atoms with Crippen LogP contribution in [0.4, 0.5) is 0 Å². The van der Waals surface area contributed by atoms with Crippen LogP contribution in [0.1, 0.15) is 46.5 Å². The van der Waals surface area contributed by atoms with Crippen LogP contribution in [-0.2, 0) is 9.47 Å². The first kappa shape index (κ1) is 14.5. The van der Waals surface area contributed by atoms with Gasteiger partial charge < -0.3 is 9.47 Å². The predicted molar refractivity (Wildman–Crippen MR) is 75.7 cm³/mol. The van der Waals surface area contributed by atoms with Gasteiger partial charge in [-0.1, -0.05) is 35.9 Å². The van der Waals surface area contributed by atoms with Crippen LogP contribution in [0.5, 0.6) is 0 Å². The quantitative estimate of drug-likeness (QED) is 0.509. The van der Waals surface area contributed by atoms with Crippen LogP contribution < -0.4 is 0 Å². The highest BCUT2D eigenvalue weighted by Crippen LogP contribution is 2.42. The van der Waals surface area contributed by atoms with Gasteiger partial charge in [0.2, 0.25) is 0 Å². The van der Waals surface area contributed by atoms with Gasteiger partial charge in [0.15, 0.2) is 6.29 Å². The molecule has 1 fully saturated rings. The summed E-state index contributed by atoms with van der Waals surface area (Å²) in [4.78, 5) is 0. The van der Waals surface area contributed by atoms with Gasteiger partial charge in [-0.2, -0.15) is 0 Å². The third-order valence-corrected chi connectivity index (χ3v) is 3.84. The lowest BCUT2D eigenvalue weighted by atomic mass is 9.71. The molecule has 1 aliphatic rings. The Kier molecular flexibility index (Phi) is 6.29. The highest BCUT2D eigenvalue weighted by Gasteiger charge is 2.40. The molecule has 94 valence electrons. The monoisotopic (exact) mass is 338 g/mol. The van der Waals surface area contributed by atoms with Crippen LogP contribution in [0.15, 0.2) is 10.2 Å². The lowest BCUT2D eigenvalue weighted by molar-refractivity contribution is -0.209. The minimum Gasteiger partial charge on any atom is -0.353 e. The van der Waals surface area contributed by atoms with Gasteiger partial charge in [-0.3, -0.25) is 0 Å². The van der Waals surface area contributed by atoms with Crippen molar-refractivity contribution in [1.82, 2.24) is 0 Å². The summed E-state index contributed by atoms with van der Waals surface area (Å²) in [6.45, 7) is 6.91. The zero-order valence-corrected chi connectivity index (χ0v) is 12.7. The van der Waals surface area contributed by atoms with E-state index in [0.717, 1.165) is 6.42 Å². The summed E-state index contributed by atoms with van der Waals surface area (Å²) in [7, 11) is 0. The van der Waals surface area contributed by atoms with Gasteiger partial charge in [0.25, 0.3) is 0 Å². The second-order valence-corrected chi connectivity index (χ2v) is 5.09. The summed E-state index contributed by atoms with van der Waals surface area (Å²) in [5, 5.41) is 0. The van der Waals surface area contributed by atoms with Crippen molar-refractivity contribution in [2.45, 2.75) is 58.3 Å². The molecule has 16 heavy (non-hydrogen) atoms.